The van der Waals surface area contributed by atoms with E-state index in [1.807, 2.05) is 42.7 Å². The van der Waals surface area contributed by atoms with Crippen LogP contribution in [0.15, 0.2) is 47.6 Å². The number of rotatable bonds is 6. The monoisotopic (exact) mass is 490 g/mol. The number of allylic oxidation sites excluding steroid dienone is 4. The van der Waals surface area contributed by atoms with Crippen molar-refractivity contribution in [2.24, 2.45) is 0 Å². The first-order valence-corrected chi connectivity index (χ1v) is 12.6. The quantitative estimate of drug-likeness (QED) is 0.407. The van der Waals surface area contributed by atoms with Crippen LogP contribution in [-0.4, -0.2) is 46.3 Å². The van der Waals surface area contributed by atoms with Gasteiger partial charge in [0.25, 0.3) is 0 Å². The molecule has 5 rings (SSSR count). The number of ether oxygens (including phenoxy) is 1. The summed E-state index contributed by atoms with van der Waals surface area (Å²) >= 11 is 0. The van der Waals surface area contributed by atoms with E-state index in [-0.39, 0.29) is 22.5 Å². The van der Waals surface area contributed by atoms with Crippen LogP contribution in [0, 0.1) is 6.92 Å². The van der Waals surface area contributed by atoms with Crippen molar-refractivity contribution in [2.75, 3.05) is 30.7 Å². The number of anilines is 2. The summed E-state index contributed by atoms with van der Waals surface area (Å²) in [6, 6.07) is 0.146. The Labute approximate surface area is 210 Å². The van der Waals surface area contributed by atoms with E-state index in [0.29, 0.717) is 29.1 Å². The molecule has 3 heterocycles. The Morgan fingerprint density at radius 2 is 2.08 bits per heavy atom. The highest BCUT2D eigenvalue weighted by atomic mass is 16.5. The number of likely N-dealkylation sites (tertiary alicyclic amines) is 1. The van der Waals surface area contributed by atoms with Crippen LogP contribution in [0.4, 0.5) is 11.4 Å². The molecule has 1 atom stereocenters. The zero-order valence-corrected chi connectivity index (χ0v) is 21.0. The van der Waals surface area contributed by atoms with E-state index in [1.54, 1.807) is 0 Å². The molecule has 2 aliphatic heterocycles. The summed E-state index contributed by atoms with van der Waals surface area (Å²) in [5, 5.41) is 13.7. The van der Waals surface area contributed by atoms with E-state index in [4.69, 9.17) is 10.5 Å². The van der Waals surface area contributed by atoms with Crippen molar-refractivity contribution >= 4 is 28.2 Å². The molecular weight excluding hydrogens is 456 g/mol. The average Bonchev–Trinajstić information content (AvgIpc) is 3.52. The van der Waals surface area contributed by atoms with Crippen LogP contribution in [-0.2, 0) is 5.54 Å². The van der Waals surface area contributed by atoms with Crippen molar-refractivity contribution in [3.63, 3.8) is 0 Å². The van der Waals surface area contributed by atoms with Crippen molar-refractivity contribution in [1.29, 1.82) is 0 Å². The zero-order chi connectivity index (χ0) is 25.6. The number of pyridine rings is 1. The highest BCUT2D eigenvalue weighted by Crippen LogP contribution is 2.49. The Balaban J connectivity index is 1.59. The molecule has 1 unspecified atom stereocenters. The number of fused-ring (bicyclic) bond motifs is 1. The molecule has 0 amide bonds. The number of hydrogen-bond acceptors (Lipinski definition) is 6. The van der Waals surface area contributed by atoms with E-state index in [0.717, 1.165) is 56.6 Å². The van der Waals surface area contributed by atoms with Gasteiger partial charge in [0.2, 0.25) is 5.43 Å². The summed E-state index contributed by atoms with van der Waals surface area (Å²) < 4.78 is 8.43. The third-order valence-corrected chi connectivity index (χ3v) is 7.99. The molecule has 36 heavy (non-hydrogen) atoms. The van der Waals surface area contributed by atoms with Crippen molar-refractivity contribution in [3.05, 3.63) is 64.1 Å². The van der Waals surface area contributed by atoms with Crippen molar-refractivity contribution in [3.8, 4) is 5.75 Å². The number of nitrogen functional groups attached to an aromatic ring is 1. The zero-order valence-electron chi connectivity index (χ0n) is 21.0. The number of nitrogens with zero attached hydrogens (tertiary/aromatic N) is 2. The number of aromatic carboxylic acids is 1. The smallest absolute Gasteiger partial charge is 0.341 e. The Morgan fingerprint density at radius 3 is 2.78 bits per heavy atom. The second-order valence-corrected chi connectivity index (χ2v) is 10.2. The summed E-state index contributed by atoms with van der Waals surface area (Å²) in [7, 11) is 0. The van der Waals surface area contributed by atoms with Gasteiger partial charge in [-0.3, -0.25) is 4.79 Å². The van der Waals surface area contributed by atoms with Crippen molar-refractivity contribution < 1.29 is 14.6 Å². The van der Waals surface area contributed by atoms with Crippen LogP contribution >= 0.6 is 0 Å². The molecule has 2 fully saturated rings. The molecule has 1 spiro atoms. The number of carboxylic acid groups (broad SMARTS) is 1. The van der Waals surface area contributed by atoms with Gasteiger partial charge in [-0.2, -0.15) is 0 Å². The maximum atomic E-state index is 13.3. The minimum Gasteiger partial charge on any atom is -0.487 e. The molecule has 1 aliphatic carbocycles. The first kappa shape index (κ1) is 24.0. The van der Waals surface area contributed by atoms with Crippen LogP contribution in [0.5, 0.6) is 5.75 Å². The number of carbonyl (C=O) groups is 1. The van der Waals surface area contributed by atoms with E-state index < -0.39 is 11.4 Å². The van der Waals surface area contributed by atoms with Gasteiger partial charge in [-0.25, -0.2) is 4.79 Å². The first-order chi connectivity index (χ1) is 17.3. The fraction of sp³-hybridized carbons (Fsp3) is 0.429. The van der Waals surface area contributed by atoms with E-state index in [1.165, 1.54) is 6.20 Å². The second-order valence-electron chi connectivity index (χ2n) is 10.2. The summed E-state index contributed by atoms with van der Waals surface area (Å²) in [5.41, 5.74) is 8.77. The molecule has 8 heteroatoms. The topological polar surface area (TPSA) is 110 Å². The van der Waals surface area contributed by atoms with E-state index in [9.17, 15) is 14.7 Å². The van der Waals surface area contributed by atoms with Gasteiger partial charge < -0.3 is 30.4 Å². The van der Waals surface area contributed by atoms with Gasteiger partial charge >= 0.3 is 5.97 Å². The molecule has 1 saturated heterocycles. The lowest BCUT2D eigenvalue weighted by atomic mass is 9.92. The molecule has 1 aromatic heterocycles. The van der Waals surface area contributed by atoms with E-state index in [2.05, 4.69) is 16.8 Å². The Kier molecular flexibility index (Phi) is 6.06. The van der Waals surface area contributed by atoms with Crippen LogP contribution in [0.1, 0.15) is 54.9 Å². The minimum atomic E-state index is -1.24. The first-order valence-electron chi connectivity index (χ1n) is 12.6. The normalized spacial score (nSPS) is 20.6. The number of nitrogens with two attached hydrogens (primary N) is 1. The second kappa shape index (κ2) is 9.08. The highest BCUT2D eigenvalue weighted by Gasteiger charge is 2.43. The number of aromatic nitrogens is 1. The van der Waals surface area contributed by atoms with Gasteiger partial charge in [0, 0.05) is 31.0 Å². The molecule has 8 nitrogen and oxygen atoms in total. The van der Waals surface area contributed by atoms with Gasteiger partial charge in [0.15, 0.2) is 5.75 Å². The number of nitrogens with one attached hydrogen (secondary N) is 1. The predicted octanol–water partition coefficient (Wildman–Crippen LogP) is 4.38. The fourth-order valence-corrected chi connectivity index (χ4v) is 5.96. The lowest BCUT2D eigenvalue weighted by molar-refractivity contribution is 0.0692. The van der Waals surface area contributed by atoms with Gasteiger partial charge in [0.05, 0.1) is 27.8 Å². The summed E-state index contributed by atoms with van der Waals surface area (Å²) in [6.45, 7) is 10.1. The average molecular weight is 491 g/mol. The fourth-order valence-electron chi connectivity index (χ4n) is 5.96. The molecule has 0 bridgehead atoms. The van der Waals surface area contributed by atoms with Crippen LogP contribution < -0.4 is 21.2 Å². The van der Waals surface area contributed by atoms with E-state index >= 15 is 0 Å². The lowest BCUT2D eigenvalue weighted by Gasteiger charge is -2.39. The SMILES string of the molecule is C=C(/C=C\C=C/C)N1CCC(Nc2c(C)c(N)c3c(=O)c(C(=O)O)cn4c3c2OCC42CCCC2)C1. The summed E-state index contributed by atoms with van der Waals surface area (Å²) in [4.78, 5) is 27.5. The molecule has 1 aromatic carbocycles. The molecule has 0 radical (unpaired) electrons. The van der Waals surface area contributed by atoms with Crippen LogP contribution in [0.25, 0.3) is 10.9 Å². The third kappa shape index (κ3) is 3.75. The highest BCUT2D eigenvalue weighted by molar-refractivity contribution is 6.05. The Morgan fingerprint density at radius 1 is 1.33 bits per heavy atom. The van der Waals surface area contributed by atoms with Gasteiger partial charge in [-0.05, 0) is 44.7 Å². The lowest BCUT2D eigenvalue weighted by Crippen LogP contribution is -2.42. The molecule has 2 aromatic rings. The van der Waals surface area contributed by atoms with Gasteiger partial charge in [-0.1, -0.05) is 37.6 Å². The molecule has 4 N–H and O–H groups in total. The molecule has 1 saturated carbocycles. The van der Waals surface area contributed by atoms with Crippen molar-refractivity contribution in [1.82, 2.24) is 9.47 Å². The number of carboxylic acids is 1. The molecule has 190 valence electrons. The number of hydrogen-bond donors (Lipinski definition) is 3. The maximum absolute atomic E-state index is 13.3. The third-order valence-electron chi connectivity index (χ3n) is 7.99. The predicted molar refractivity (Wildman–Crippen MR) is 143 cm³/mol. The van der Waals surface area contributed by atoms with Crippen LogP contribution in [0.2, 0.25) is 0 Å². The molecular formula is C28H34N4O4. The van der Waals surface area contributed by atoms with Crippen LogP contribution in [0.3, 0.4) is 0 Å². The largest absolute Gasteiger partial charge is 0.487 e. The number of benzene rings is 1. The van der Waals surface area contributed by atoms with Gasteiger partial charge in [-0.15, -0.1) is 0 Å². The van der Waals surface area contributed by atoms with Crippen molar-refractivity contribution in [2.45, 2.75) is 57.5 Å². The maximum Gasteiger partial charge on any atom is 0.341 e. The Hall–Kier alpha value is -3.68. The standard InChI is InChI=1S/C28H34N4O4/c1-4-5-6-9-17(2)31-13-10-19(14-31)30-23-18(3)22(29)21-24-26(23)36-16-28(11-7-8-12-28)32(24)15-20(25(21)33)27(34)35/h4-6,9,15,19,30H,2,7-8,10-14,16,29H2,1,3H3,(H,34,35)/b5-4-,9-6-. The van der Waals surface area contributed by atoms with Gasteiger partial charge in [0.1, 0.15) is 12.2 Å². The Bertz CT molecular complexity index is 1360. The summed E-state index contributed by atoms with van der Waals surface area (Å²) in [6.07, 6.45) is 14.2. The molecule has 3 aliphatic rings. The minimum absolute atomic E-state index is 0.146. The summed E-state index contributed by atoms with van der Waals surface area (Å²) in [5.74, 6) is -0.644.